The van der Waals surface area contributed by atoms with Gasteiger partial charge in [-0.1, -0.05) is 17.7 Å². The summed E-state index contributed by atoms with van der Waals surface area (Å²) in [6.45, 7) is 0.229. The maximum absolute atomic E-state index is 13.2. The predicted octanol–water partition coefficient (Wildman–Crippen LogP) is 4.20. The van der Waals surface area contributed by atoms with Crippen molar-refractivity contribution < 1.29 is 14.3 Å². The molecule has 0 radical (unpaired) electrons. The van der Waals surface area contributed by atoms with E-state index in [2.05, 4.69) is 0 Å². The number of carbonyl (C=O) groups excluding carboxylic acids is 1. The first-order valence-electron chi connectivity index (χ1n) is 7.98. The molecule has 4 nitrogen and oxygen atoms in total. The van der Waals surface area contributed by atoms with Gasteiger partial charge in [-0.3, -0.25) is 9.36 Å². The highest BCUT2D eigenvalue weighted by Crippen LogP contribution is 2.41. The Bertz CT molecular complexity index is 1010. The Morgan fingerprint density at radius 2 is 1.92 bits per heavy atom. The van der Waals surface area contributed by atoms with Crippen molar-refractivity contribution in [2.45, 2.75) is 19.3 Å². The molecular weight excluding hydrogens is 326 g/mol. The van der Waals surface area contributed by atoms with Gasteiger partial charge in [0.2, 0.25) is 6.79 Å². The lowest BCUT2D eigenvalue weighted by Gasteiger charge is -2.09. The second kappa shape index (κ2) is 5.02. The molecule has 1 aliphatic carbocycles. The highest BCUT2D eigenvalue weighted by molar-refractivity contribution is 6.31. The van der Waals surface area contributed by atoms with E-state index in [1.807, 2.05) is 16.7 Å². The normalized spacial score (nSPS) is 15.0. The van der Waals surface area contributed by atoms with Crippen molar-refractivity contribution in [3.8, 4) is 11.5 Å². The summed E-state index contributed by atoms with van der Waals surface area (Å²) in [5, 5.41) is 1.65. The second-order valence-electron chi connectivity index (χ2n) is 6.15. The number of rotatable bonds is 1. The quantitative estimate of drug-likeness (QED) is 0.667. The Morgan fingerprint density at radius 1 is 1.08 bits per heavy atom. The standard InChI is InChI=1S/C19H14ClNO3/c20-12-4-1-3-11(7-12)19(22)21-15-6-2-5-13(15)14-8-17-18(9-16(14)21)24-10-23-17/h1,3-4,7-9H,2,5-6,10H2. The van der Waals surface area contributed by atoms with Crippen LogP contribution in [0.15, 0.2) is 36.4 Å². The van der Waals surface area contributed by atoms with Gasteiger partial charge < -0.3 is 9.47 Å². The van der Waals surface area contributed by atoms with Crippen LogP contribution in [0.25, 0.3) is 10.9 Å². The average Bonchev–Trinajstić information content (AvgIpc) is 3.27. The number of halogens is 1. The van der Waals surface area contributed by atoms with Crippen molar-refractivity contribution in [2.24, 2.45) is 0 Å². The first kappa shape index (κ1) is 13.9. The molecule has 0 saturated heterocycles. The molecule has 0 atom stereocenters. The topological polar surface area (TPSA) is 40.5 Å². The molecule has 2 aliphatic rings. The first-order valence-corrected chi connectivity index (χ1v) is 8.36. The fraction of sp³-hybridized carbons (Fsp3) is 0.211. The van der Waals surface area contributed by atoms with E-state index in [1.54, 1.807) is 24.3 Å². The molecule has 0 N–H and O–H groups in total. The number of aromatic nitrogens is 1. The third kappa shape index (κ3) is 1.89. The lowest BCUT2D eigenvalue weighted by Crippen LogP contribution is -2.14. The molecule has 120 valence electrons. The van der Waals surface area contributed by atoms with Crippen LogP contribution in [-0.2, 0) is 12.8 Å². The predicted molar refractivity (Wildman–Crippen MR) is 91.3 cm³/mol. The van der Waals surface area contributed by atoms with Crippen molar-refractivity contribution in [2.75, 3.05) is 6.79 Å². The fourth-order valence-corrected chi connectivity index (χ4v) is 3.94. The van der Waals surface area contributed by atoms with Gasteiger partial charge in [0.05, 0.1) is 5.52 Å². The monoisotopic (exact) mass is 339 g/mol. The minimum atomic E-state index is -0.0514. The number of nitrogens with zero attached hydrogens (tertiary/aromatic N) is 1. The Labute approximate surface area is 143 Å². The number of aryl methyl sites for hydroxylation is 1. The average molecular weight is 340 g/mol. The van der Waals surface area contributed by atoms with Crippen LogP contribution in [-0.4, -0.2) is 17.3 Å². The van der Waals surface area contributed by atoms with Gasteiger partial charge in [0.1, 0.15) is 0 Å². The van der Waals surface area contributed by atoms with Gasteiger partial charge in [-0.2, -0.15) is 0 Å². The number of benzene rings is 2. The molecule has 0 amide bonds. The van der Waals surface area contributed by atoms with Crippen LogP contribution in [0.3, 0.4) is 0 Å². The first-order chi connectivity index (χ1) is 11.7. The van der Waals surface area contributed by atoms with Crippen molar-refractivity contribution in [3.63, 3.8) is 0 Å². The number of carbonyl (C=O) groups is 1. The van der Waals surface area contributed by atoms with Crippen LogP contribution in [0.4, 0.5) is 0 Å². The van der Waals surface area contributed by atoms with E-state index < -0.39 is 0 Å². The minimum absolute atomic E-state index is 0.0514. The van der Waals surface area contributed by atoms with Crippen LogP contribution in [0, 0.1) is 0 Å². The molecular formula is C19H14ClNO3. The Kier molecular flexibility index (Phi) is 2.91. The lowest BCUT2D eigenvalue weighted by atomic mass is 10.1. The molecule has 3 aromatic rings. The minimum Gasteiger partial charge on any atom is -0.454 e. The number of hydrogen-bond donors (Lipinski definition) is 0. The SMILES string of the molecule is O=C(c1cccc(Cl)c1)n1c2c(c3cc4c(cc31)OCO4)CCC2. The summed E-state index contributed by atoms with van der Waals surface area (Å²) in [4.78, 5) is 13.2. The van der Waals surface area contributed by atoms with Crippen LogP contribution < -0.4 is 9.47 Å². The van der Waals surface area contributed by atoms with E-state index in [1.165, 1.54) is 5.56 Å². The summed E-state index contributed by atoms with van der Waals surface area (Å²) in [6, 6.07) is 11.0. The highest BCUT2D eigenvalue weighted by Gasteiger charge is 2.28. The molecule has 24 heavy (non-hydrogen) atoms. The molecule has 0 bridgehead atoms. The molecule has 5 rings (SSSR count). The van der Waals surface area contributed by atoms with Gasteiger partial charge in [-0.25, -0.2) is 0 Å². The zero-order chi connectivity index (χ0) is 16.3. The lowest BCUT2D eigenvalue weighted by molar-refractivity contribution is 0.0962. The Morgan fingerprint density at radius 3 is 2.75 bits per heavy atom. The van der Waals surface area contributed by atoms with Crippen molar-refractivity contribution >= 4 is 28.4 Å². The number of fused-ring (bicyclic) bond motifs is 4. The van der Waals surface area contributed by atoms with Crippen LogP contribution in [0.1, 0.15) is 28.0 Å². The van der Waals surface area contributed by atoms with E-state index in [0.717, 1.165) is 41.6 Å². The van der Waals surface area contributed by atoms with E-state index in [0.29, 0.717) is 16.3 Å². The third-order valence-electron chi connectivity index (χ3n) is 4.79. The van der Waals surface area contributed by atoms with E-state index in [4.69, 9.17) is 21.1 Å². The summed E-state index contributed by atoms with van der Waals surface area (Å²) in [5.74, 6) is 1.40. The summed E-state index contributed by atoms with van der Waals surface area (Å²) in [7, 11) is 0. The highest BCUT2D eigenvalue weighted by atomic mass is 35.5. The molecule has 0 fully saturated rings. The number of hydrogen-bond acceptors (Lipinski definition) is 3. The maximum Gasteiger partial charge on any atom is 0.262 e. The molecule has 0 saturated carbocycles. The largest absolute Gasteiger partial charge is 0.454 e. The molecule has 1 aliphatic heterocycles. The van der Waals surface area contributed by atoms with Gasteiger partial charge in [0.25, 0.3) is 5.91 Å². The molecule has 2 heterocycles. The van der Waals surface area contributed by atoms with E-state index in [-0.39, 0.29) is 12.7 Å². The zero-order valence-corrected chi connectivity index (χ0v) is 13.6. The van der Waals surface area contributed by atoms with Gasteiger partial charge in [-0.05, 0) is 49.1 Å². The van der Waals surface area contributed by atoms with Gasteiger partial charge in [0, 0.05) is 27.7 Å². The smallest absolute Gasteiger partial charge is 0.262 e. The molecule has 5 heteroatoms. The van der Waals surface area contributed by atoms with Gasteiger partial charge in [0.15, 0.2) is 11.5 Å². The maximum atomic E-state index is 13.2. The van der Waals surface area contributed by atoms with Gasteiger partial charge in [-0.15, -0.1) is 0 Å². The summed E-state index contributed by atoms with van der Waals surface area (Å²) in [6.07, 6.45) is 2.96. The zero-order valence-electron chi connectivity index (χ0n) is 12.8. The summed E-state index contributed by atoms with van der Waals surface area (Å²) in [5.41, 5.74) is 3.82. The third-order valence-corrected chi connectivity index (χ3v) is 5.03. The van der Waals surface area contributed by atoms with Crippen LogP contribution in [0.2, 0.25) is 5.02 Å². The number of ether oxygens (including phenoxy) is 2. The molecule has 0 unspecified atom stereocenters. The molecule has 1 aromatic heterocycles. The summed E-state index contributed by atoms with van der Waals surface area (Å²) >= 11 is 6.06. The van der Waals surface area contributed by atoms with Gasteiger partial charge >= 0.3 is 0 Å². The van der Waals surface area contributed by atoms with Crippen molar-refractivity contribution in [1.29, 1.82) is 0 Å². The van der Waals surface area contributed by atoms with E-state index >= 15 is 0 Å². The van der Waals surface area contributed by atoms with Crippen molar-refractivity contribution in [3.05, 3.63) is 58.2 Å². The molecule has 2 aromatic carbocycles. The van der Waals surface area contributed by atoms with E-state index in [9.17, 15) is 4.79 Å². The van der Waals surface area contributed by atoms with Crippen LogP contribution >= 0.6 is 11.6 Å². The fourth-order valence-electron chi connectivity index (χ4n) is 3.75. The second-order valence-corrected chi connectivity index (χ2v) is 6.59. The Hall–Kier alpha value is -2.46. The molecule has 0 spiro atoms. The Balaban J connectivity index is 1.77. The summed E-state index contributed by atoms with van der Waals surface area (Å²) < 4.78 is 12.8. The van der Waals surface area contributed by atoms with Crippen LogP contribution in [0.5, 0.6) is 11.5 Å². The van der Waals surface area contributed by atoms with Crippen molar-refractivity contribution in [1.82, 2.24) is 4.57 Å².